The minimum Gasteiger partial charge on any atom is -0.462 e. The van der Waals surface area contributed by atoms with Crippen molar-refractivity contribution >= 4 is 24.3 Å². The average molecular weight is 252 g/mol. The summed E-state index contributed by atoms with van der Waals surface area (Å²) in [6, 6.07) is 3.83. The lowest BCUT2D eigenvalue weighted by molar-refractivity contribution is -0.385. The minimum absolute atomic E-state index is 0.0392. The fourth-order valence-corrected chi connectivity index (χ4v) is 1.47. The van der Waals surface area contributed by atoms with Crippen LogP contribution in [0.5, 0.6) is 0 Å². The van der Waals surface area contributed by atoms with Gasteiger partial charge in [0.2, 0.25) is 0 Å². The van der Waals surface area contributed by atoms with Gasteiger partial charge in [0.1, 0.15) is 11.6 Å². The van der Waals surface area contributed by atoms with Crippen LogP contribution in [-0.2, 0) is 4.74 Å². The Kier molecular flexibility index (Phi) is 4.06. The summed E-state index contributed by atoms with van der Waals surface area (Å²) in [5, 5.41) is 19.4. The summed E-state index contributed by atoms with van der Waals surface area (Å²) in [5.74, 6) is -0.663. The number of ether oxygens (including phenoxy) is 1. The van der Waals surface area contributed by atoms with Crippen molar-refractivity contribution in [2.75, 3.05) is 6.61 Å². The van der Waals surface area contributed by atoms with Gasteiger partial charge in [0.15, 0.2) is 0 Å². The van der Waals surface area contributed by atoms with Crippen LogP contribution in [0, 0.1) is 21.4 Å². The number of carbonyl (C=O) groups is 1. The van der Waals surface area contributed by atoms with Crippen molar-refractivity contribution in [2.45, 2.75) is 11.8 Å². The topological polar surface area (TPSA) is 93.2 Å². The normalized spacial score (nSPS) is 9.47. The van der Waals surface area contributed by atoms with Gasteiger partial charge in [-0.05, 0) is 13.0 Å². The third kappa shape index (κ3) is 2.73. The first-order valence-corrected chi connectivity index (χ1v) is 5.04. The molecule has 1 aromatic carbocycles. The van der Waals surface area contributed by atoms with E-state index in [9.17, 15) is 14.9 Å². The van der Waals surface area contributed by atoms with E-state index in [1.54, 1.807) is 13.0 Å². The molecule has 17 heavy (non-hydrogen) atoms. The summed E-state index contributed by atoms with van der Waals surface area (Å²) >= 11 is 3.97. The van der Waals surface area contributed by atoms with E-state index in [0.29, 0.717) is 0 Å². The smallest absolute Gasteiger partial charge is 0.339 e. The molecule has 0 aliphatic heterocycles. The number of rotatable bonds is 3. The number of nitro benzene ring substituents is 1. The number of nitriles is 1. The summed E-state index contributed by atoms with van der Waals surface area (Å²) in [6.45, 7) is 1.80. The third-order valence-corrected chi connectivity index (χ3v) is 2.30. The molecule has 0 aliphatic rings. The molecule has 0 saturated heterocycles. The Labute approximate surface area is 102 Å². The Morgan fingerprint density at radius 1 is 1.65 bits per heavy atom. The van der Waals surface area contributed by atoms with Crippen molar-refractivity contribution in [2.24, 2.45) is 0 Å². The van der Waals surface area contributed by atoms with Crippen molar-refractivity contribution < 1.29 is 14.5 Å². The maximum absolute atomic E-state index is 11.5. The zero-order valence-electron chi connectivity index (χ0n) is 8.84. The number of hydrogen-bond acceptors (Lipinski definition) is 6. The molecule has 0 unspecified atom stereocenters. The number of nitro groups is 1. The Morgan fingerprint density at radius 2 is 2.29 bits per heavy atom. The van der Waals surface area contributed by atoms with Gasteiger partial charge in [0, 0.05) is 11.0 Å². The molecule has 0 heterocycles. The molecule has 6 nitrogen and oxygen atoms in total. The van der Waals surface area contributed by atoms with Gasteiger partial charge in [-0.1, -0.05) is 0 Å². The second-order valence-electron chi connectivity index (χ2n) is 2.98. The first-order chi connectivity index (χ1) is 8.01. The molecule has 0 atom stereocenters. The van der Waals surface area contributed by atoms with Crippen LogP contribution >= 0.6 is 12.6 Å². The van der Waals surface area contributed by atoms with Crippen LogP contribution in [0.2, 0.25) is 0 Å². The first kappa shape index (κ1) is 13.0. The highest BCUT2D eigenvalue weighted by Crippen LogP contribution is 2.26. The zero-order valence-corrected chi connectivity index (χ0v) is 9.73. The van der Waals surface area contributed by atoms with Crippen LogP contribution in [0.3, 0.4) is 0 Å². The maximum Gasteiger partial charge on any atom is 0.339 e. The van der Waals surface area contributed by atoms with Crippen molar-refractivity contribution in [1.82, 2.24) is 0 Å². The number of benzene rings is 1. The maximum atomic E-state index is 11.5. The Bertz CT molecular complexity index is 522. The molecule has 0 spiro atoms. The Balaban J connectivity index is 3.33. The molecule has 0 radical (unpaired) electrons. The SMILES string of the molecule is CCOC(=O)c1cc(C#N)c([N+](=O)[O-])cc1S. The van der Waals surface area contributed by atoms with E-state index in [1.165, 1.54) is 0 Å². The molecule has 7 heteroatoms. The van der Waals surface area contributed by atoms with Crippen LogP contribution in [-0.4, -0.2) is 17.5 Å². The number of carbonyl (C=O) groups excluding carboxylic acids is 1. The van der Waals surface area contributed by atoms with Crippen molar-refractivity contribution in [3.05, 3.63) is 33.4 Å². The van der Waals surface area contributed by atoms with Crippen LogP contribution < -0.4 is 0 Å². The summed E-state index contributed by atoms with van der Waals surface area (Å²) in [5.41, 5.74) is -0.543. The van der Waals surface area contributed by atoms with Gasteiger partial charge in [-0.3, -0.25) is 10.1 Å². The van der Waals surface area contributed by atoms with Crippen LogP contribution in [0.15, 0.2) is 17.0 Å². The van der Waals surface area contributed by atoms with Crippen LogP contribution in [0.1, 0.15) is 22.8 Å². The number of hydrogen-bond donors (Lipinski definition) is 1. The molecule has 0 fully saturated rings. The molecular formula is C10H8N2O4S. The highest BCUT2D eigenvalue weighted by Gasteiger charge is 2.20. The Hall–Kier alpha value is -2.07. The minimum atomic E-state index is -0.701. The van der Waals surface area contributed by atoms with Gasteiger partial charge in [-0.2, -0.15) is 5.26 Å². The molecule has 88 valence electrons. The molecule has 1 rings (SSSR count). The quantitative estimate of drug-likeness (QED) is 0.384. The van der Waals surface area contributed by atoms with E-state index < -0.39 is 10.9 Å². The predicted molar refractivity (Wildman–Crippen MR) is 61.0 cm³/mol. The second-order valence-corrected chi connectivity index (χ2v) is 3.46. The molecule has 0 aliphatic carbocycles. The van der Waals surface area contributed by atoms with E-state index in [1.807, 2.05) is 0 Å². The monoisotopic (exact) mass is 252 g/mol. The molecular weight excluding hydrogens is 244 g/mol. The number of thiol groups is 1. The standard InChI is InChI=1S/C10H8N2O4S/c1-2-16-10(13)7-3-6(5-11)8(12(14)15)4-9(7)17/h3-4,17H,2H2,1H3. The van der Waals surface area contributed by atoms with Crippen molar-refractivity contribution in [1.29, 1.82) is 5.26 Å². The van der Waals surface area contributed by atoms with Crippen LogP contribution in [0.4, 0.5) is 5.69 Å². The van der Waals surface area contributed by atoms with E-state index in [-0.39, 0.29) is 28.3 Å². The summed E-state index contributed by atoms with van der Waals surface area (Å²) in [4.78, 5) is 21.5. The van der Waals surface area contributed by atoms with E-state index in [4.69, 9.17) is 10.00 Å². The van der Waals surface area contributed by atoms with Crippen LogP contribution in [0.25, 0.3) is 0 Å². The first-order valence-electron chi connectivity index (χ1n) is 4.59. The van der Waals surface area contributed by atoms with Gasteiger partial charge in [-0.25, -0.2) is 4.79 Å². The van der Waals surface area contributed by atoms with Gasteiger partial charge >= 0.3 is 5.97 Å². The lowest BCUT2D eigenvalue weighted by Crippen LogP contribution is -2.07. The van der Waals surface area contributed by atoms with Gasteiger partial charge < -0.3 is 4.74 Å². The van der Waals surface area contributed by atoms with Crippen molar-refractivity contribution in [3.8, 4) is 6.07 Å². The highest BCUT2D eigenvalue weighted by molar-refractivity contribution is 7.80. The van der Waals surface area contributed by atoms with Crippen molar-refractivity contribution in [3.63, 3.8) is 0 Å². The third-order valence-electron chi connectivity index (χ3n) is 1.93. The molecule has 0 amide bonds. The van der Waals surface area contributed by atoms with E-state index in [2.05, 4.69) is 12.6 Å². The van der Waals surface area contributed by atoms with E-state index in [0.717, 1.165) is 12.1 Å². The number of nitrogens with zero attached hydrogens (tertiary/aromatic N) is 2. The fourth-order valence-electron chi connectivity index (χ4n) is 1.19. The second kappa shape index (κ2) is 5.32. The molecule has 0 aromatic heterocycles. The fraction of sp³-hybridized carbons (Fsp3) is 0.200. The number of esters is 1. The Morgan fingerprint density at radius 3 is 2.76 bits per heavy atom. The average Bonchev–Trinajstić information content (AvgIpc) is 2.28. The molecule has 1 aromatic rings. The largest absolute Gasteiger partial charge is 0.462 e. The van der Waals surface area contributed by atoms with Gasteiger partial charge in [0.25, 0.3) is 5.69 Å². The lowest BCUT2D eigenvalue weighted by atomic mass is 10.1. The molecule has 0 bridgehead atoms. The van der Waals surface area contributed by atoms with Gasteiger partial charge in [0.05, 0.1) is 17.1 Å². The zero-order chi connectivity index (χ0) is 13.0. The molecule has 0 saturated carbocycles. The predicted octanol–water partition coefficient (Wildman–Crippen LogP) is 1.93. The van der Waals surface area contributed by atoms with Gasteiger partial charge in [-0.15, -0.1) is 12.6 Å². The lowest BCUT2D eigenvalue weighted by Gasteiger charge is -2.05. The molecule has 0 N–H and O–H groups in total. The summed E-state index contributed by atoms with van der Waals surface area (Å²) < 4.78 is 4.74. The summed E-state index contributed by atoms with van der Waals surface area (Å²) in [7, 11) is 0. The highest BCUT2D eigenvalue weighted by atomic mass is 32.1. The van der Waals surface area contributed by atoms with E-state index >= 15 is 0 Å². The summed E-state index contributed by atoms with van der Waals surface area (Å²) in [6.07, 6.45) is 0.